The lowest BCUT2D eigenvalue weighted by Crippen LogP contribution is -2.53. The number of nitrogens with one attached hydrogen (secondary N) is 1. The molecule has 3 aromatic rings. The van der Waals surface area contributed by atoms with Crippen molar-refractivity contribution in [2.75, 3.05) is 18.4 Å². The SMILES string of the molecule is Cn1c(C2(Cc3ccccc3)CCCN(C(=O)OC(C)(C)C)C2)nc(C(=O)Nc2cnoc2)c(O)c1=O. The summed E-state index contributed by atoms with van der Waals surface area (Å²) in [6, 6.07) is 9.67. The molecule has 2 aromatic heterocycles. The van der Waals surface area contributed by atoms with E-state index < -0.39 is 40.0 Å². The molecule has 2 amide bonds. The van der Waals surface area contributed by atoms with E-state index in [4.69, 9.17) is 9.26 Å². The molecule has 1 aliphatic rings. The number of carbonyl (C=O) groups is 2. The minimum Gasteiger partial charge on any atom is -0.501 e. The van der Waals surface area contributed by atoms with Gasteiger partial charge in [0.1, 0.15) is 23.4 Å². The van der Waals surface area contributed by atoms with Crippen molar-refractivity contribution in [1.29, 1.82) is 0 Å². The Hall–Kier alpha value is -4.15. The van der Waals surface area contributed by atoms with Gasteiger partial charge in [0.2, 0.25) is 5.75 Å². The Labute approximate surface area is 214 Å². The standard InChI is InChI=1S/C26H31N5O6/c1-25(2,3)37-24(35)31-12-8-11-26(16-31,13-17-9-6-5-7-10-17)23-29-19(20(32)22(34)30(23)4)21(33)28-18-14-27-36-15-18/h5-7,9-10,14-15,32H,8,11-13,16H2,1-4H3,(H,28,33). The highest BCUT2D eigenvalue weighted by Crippen LogP contribution is 2.37. The molecule has 0 saturated carbocycles. The molecule has 1 fully saturated rings. The molecule has 1 atom stereocenters. The summed E-state index contributed by atoms with van der Waals surface area (Å²) in [6.45, 7) is 6.11. The van der Waals surface area contributed by atoms with Gasteiger partial charge >= 0.3 is 6.09 Å². The van der Waals surface area contributed by atoms with Crippen molar-refractivity contribution in [3.63, 3.8) is 0 Å². The lowest BCUT2D eigenvalue weighted by molar-refractivity contribution is 0.0123. The first-order valence-electron chi connectivity index (χ1n) is 12.0. The highest BCUT2D eigenvalue weighted by Gasteiger charge is 2.43. The van der Waals surface area contributed by atoms with Crippen LogP contribution in [0.1, 0.15) is 55.5 Å². The predicted molar refractivity (Wildman–Crippen MR) is 134 cm³/mol. The molecule has 0 radical (unpaired) electrons. The van der Waals surface area contributed by atoms with Crippen molar-refractivity contribution >= 4 is 17.7 Å². The van der Waals surface area contributed by atoms with Gasteiger partial charge in [-0.25, -0.2) is 9.78 Å². The van der Waals surface area contributed by atoms with Gasteiger partial charge in [0.05, 0.1) is 11.6 Å². The summed E-state index contributed by atoms with van der Waals surface area (Å²) in [5.41, 5.74) is -1.45. The third kappa shape index (κ3) is 5.65. The van der Waals surface area contributed by atoms with Gasteiger partial charge < -0.3 is 24.6 Å². The summed E-state index contributed by atoms with van der Waals surface area (Å²) in [5.74, 6) is -1.26. The first-order valence-corrected chi connectivity index (χ1v) is 12.0. The summed E-state index contributed by atoms with van der Waals surface area (Å²) < 4.78 is 11.6. The zero-order valence-corrected chi connectivity index (χ0v) is 21.4. The number of hydrogen-bond donors (Lipinski definition) is 2. The van der Waals surface area contributed by atoms with Gasteiger partial charge in [-0.05, 0) is 45.6 Å². The average molecular weight is 510 g/mol. The number of carbonyl (C=O) groups excluding carboxylic acids is 2. The van der Waals surface area contributed by atoms with Crippen LogP contribution in [0.5, 0.6) is 5.75 Å². The van der Waals surface area contributed by atoms with Crippen molar-refractivity contribution in [3.05, 3.63) is 70.2 Å². The molecule has 11 heteroatoms. The number of benzene rings is 1. The van der Waals surface area contributed by atoms with Gasteiger partial charge in [-0.2, -0.15) is 0 Å². The van der Waals surface area contributed by atoms with E-state index in [2.05, 4.69) is 15.5 Å². The number of nitrogens with zero attached hydrogens (tertiary/aromatic N) is 4. The molecule has 1 aromatic carbocycles. The van der Waals surface area contributed by atoms with E-state index in [1.54, 1.807) is 25.7 Å². The molecular formula is C26H31N5O6. The van der Waals surface area contributed by atoms with Gasteiger partial charge in [-0.3, -0.25) is 14.2 Å². The van der Waals surface area contributed by atoms with Crippen molar-refractivity contribution in [2.24, 2.45) is 7.05 Å². The summed E-state index contributed by atoms with van der Waals surface area (Å²) in [5, 5.41) is 16.6. The minimum atomic E-state index is -0.829. The van der Waals surface area contributed by atoms with Gasteiger partial charge in [0.25, 0.3) is 11.5 Å². The quantitative estimate of drug-likeness (QED) is 0.534. The normalized spacial score (nSPS) is 17.9. The number of likely N-dealkylation sites (tertiary alicyclic amines) is 1. The van der Waals surface area contributed by atoms with Crippen LogP contribution in [-0.2, 0) is 23.6 Å². The van der Waals surface area contributed by atoms with Crippen molar-refractivity contribution < 1.29 is 24.0 Å². The molecule has 0 bridgehead atoms. The zero-order valence-electron chi connectivity index (χ0n) is 21.4. The van der Waals surface area contributed by atoms with Crippen LogP contribution in [0.15, 0.2) is 52.1 Å². The molecule has 1 saturated heterocycles. The molecule has 1 unspecified atom stereocenters. The maximum atomic E-state index is 13.1. The molecule has 37 heavy (non-hydrogen) atoms. The topological polar surface area (TPSA) is 140 Å². The molecule has 4 rings (SSSR count). The average Bonchev–Trinajstić information content (AvgIpc) is 3.35. The van der Waals surface area contributed by atoms with Crippen molar-refractivity contribution in [3.8, 4) is 5.75 Å². The zero-order chi connectivity index (χ0) is 26.8. The van der Waals surface area contributed by atoms with E-state index in [0.29, 0.717) is 31.6 Å². The Kier molecular flexibility index (Phi) is 7.06. The Morgan fingerprint density at radius 2 is 1.97 bits per heavy atom. The second-order valence-electron chi connectivity index (χ2n) is 10.3. The Balaban J connectivity index is 1.80. The molecule has 3 heterocycles. The summed E-state index contributed by atoms with van der Waals surface area (Å²) in [6.07, 6.45) is 3.72. The van der Waals surface area contributed by atoms with Crippen LogP contribution in [0.25, 0.3) is 0 Å². The lowest BCUT2D eigenvalue weighted by Gasteiger charge is -2.43. The van der Waals surface area contributed by atoms with E-state index >= 15 is 0 Å². The minimum absolute atomic E-state index is 0.217. The van der Waals surface area contributed by atoms with E-state index in [-0.39, 0.29) is 12.2 Å². The van der Waals surface area contributed by atoms with Crippen LogP contribution < -0.4 is 10.9 Å². The Morgan fingerprint density at radius 3 is 2.62 bits per heavy atom. The number of amides is 2. The highest BCUT2D eigenvalue weighted by molar-refractivity contribution is 6.04. The lowest BCUT2D eigenvalue weighted by atomic mass is 9.74. The van der Waals surface area contributed by atoms with E-state index in [1.807, 2.05) is 30.3 Å². The van der Waals surface area contributed by atoms with Crippen LogP contribution in [-0.4, -0.2) is 55.4 Å². The number of piperidine rings is 1. The summed E-state index contributed by atoms with van der Waals surface area (Å²) in [4.78, 5) is 45.3. The summed E-state index contributed by atoms with van der Waals surface area (Å²) in [7, 11) is 1.51. The Bertz CT molecular complexity index is 1330. The molecular weight excluding hydrogens is 478 g/mol. The highest BCUT2D eigenvalue weighted by atomic mass is 16.6. The smallest absolute Gasteiger partial charge is 0.410 e. The fourth-order valence-corrected chi connectivity index (χ4v) is 4.69. The van der Waals surface area contributed by atoms with E-state index in [1.165, 1.54) is 24.1 Å². The van der Waals surface area contributed by atoms with Crippen LogP contribution in [0.4, 0.5) is 10.5 Å². The summed E-state index contributed by atoms with van der Waals surface area (Å²) >= 11 is 0. The third-order valence-electron chi connectivity index (χ3n) is 6.26. The second kappa shape index (κ2) is 10.1. The first kappa shape index (κ1) is 25.9. The maximum Gasteiger partial charge on any atom is 0.410 e. The van der Waals surface area contributed by atoms with Crippen LogP contribution in [0.3, 0.4) is 0 Å². The molecule has 1 aliphatic heterocycles. The molecule has 2 N–H and O–H groups in total. The predicted octanol–water partition coefficient (Wildman–Crippen LogP) is 3.24. The largest absolute Gasteiger partial charge is 0.501 e. The number of aromatic hydroxyl groups is 1. The number of rotatable bonds is 5. The van der Waals surface area contributed by atoms with Gasteiger partial charge in [-0.15, -0.1) is 0 Å². The van der Waals surface area contributed by atoms with Crippen LogP contribution >= 0.6 is 0 Å². The molecule has 196 valence electrons. The van der Waals surface area contributed by atoms with Crippen molar-refractivity contribution in [1.82, 2.24) is 19.6 Å². The monoisotopic (exact) mass is 509 g/mol. The van der Waals surface area contributed by atoms with Gasteiger partial charge in [0.15, 0.2) is 5.69 Å². The molecule has 0 spiro atoms. The van der Waals surface area contributed by atoms with E-state index in [9.17, 15) is 19.5 Å². The molecule has 11 nitrogen and oxygen atoms in total. The van der Waals surface area contributed by atoms with Crippen molar-refractivity contribution in [2.45, 2.75) is 51.0 Å². The number of aromatic nitrogens is 3. The molecule has 0 aliphatic carbocycles. The van der Waals surface area contributed by atoms with Gasteiger partial charge in [-0.1, -0.05) is 35.5 Å². The van der Waals surface area contributed by atoms with E-state index in [0.717, 1.165) is 5.56 Å². The van der Waals surface area contributed by atoms with Crippen LogP contribution in [0, 0.1) is 0 Å². The third-order valence-corrected chi connectivity index (χ3v) is 6.26. The van der Waals surface area contributed by atoms with Gasteiger partial charge in [0, 0.05) is 20.1 Å². The number of hydrogen-bond acceptors (Lipinski definition) is 8. The van der Waals surface area contributed by atoms with Crippen LogP contribution in [0.2, 0.25) is 0 Å². The maximum absolute atomic E-state index is 13.1. The number of ether oxygens (including phenoxy) is 1. The first-order chi connectivity index (χ1) is 17.5. The fourth-order valence-electron chi connectivity index (χ4n) is 4.69. The number of anilines is 1. The Morgan fingerprint density at radius 1 is 1.24 bits per heavy atom. The fraction of sp³-hybridized carbons (Fsp3) is 0.423. The second-order valence-corrected chi connectivity index (χ2v) is 10.3.